The molecule has 4 nitrogen and oxygen atoms in total. The number of hydrogen-bond donors (Lipinski definition) is 0. The summed E-state index contributed by atoms with van der Waals surface area (Å²) in [6.07, 6.45) is 4.17. The van der Waals surface area contributed by atoms with Crippen LogP contribution in [0.3, 0.4) is 0 Å². The van der Waals surface area contributed by atoms with Gasteiger partial charge in [-0.1, -0.05) is 6.07 Å². The number of piperidine rings is 1. The number of nitriles is 1. The smallest absolute Gasteiger partial charge is 0.140 e. The Labute approximate surface area is 142 Å². The van der Waals surface area contributed by atoms with Crippen LogP contribution in [0.4, 0.5) is 4.39 Å². The van der Waals surface area contributed by atoms with Gasteiger partial charge in [0, 0.05) is 38.8 Å². The number of morpholine rings is 1. The molecular weight excluding hydrogens is 305 g/mol. The van der Waals surface area contributed by atoms with Gasteiger partial charge >= 0.3 is 0 Å². The zero-order valence-corrected chi connectivity index (χ0v) is 14.0. The Kier molecular flexibility index (Phi) is 4.53. The van der Waals surface area contributed by atoms with Crippen molar-refractivity contribution >= 4 is 0 Å². The molecule has 3 fully saturated rings. The van der Waals surface area contributed by atoms with Crippen LogP contribution in [0.25, 0.3) is 0 Å². The van der Waals surface area contributed by atoms with Gasteiger partial charge in [-0.2, -0.15) is 5.26 Å². The average Bonchev–Trinajstić information content (AvgIpc) is 3.41. The fraction of sp³-hybridized carbons (Fsp3) is 0.632. The molecule has 1 aromatic carbocycles. The van der Waals surface area contributed by atoms with Gasteiger partial charge in [-0.15, -0.1) is 0 Å². The number of likely N-dealkylation sites (tertiary alicyclic amines) is 1. The van der Waals surface area contributed by atoms with Gasteiger partial charge in [0.1, 0.15) is 11.9 Å². The van der Waals surface area contributed by atoms with Crippen LogP contribution in [0.5, 0.6) is 0 Å². The van der Waals surface area contributed by atoms with Crippen LogP contribution in [-0.2, 0) is 11.3 Å². The predicted octanol–water partition coefficient (Wildman–Crippen LogP) is 2.38. The zero-order chi connectivity index (χ0) is 16.5. The van der Waals surface area contributed by atoms with Gasteiger partial charge in [0.2, 0.25) is 0 Å². The van der Waals surface area contributed by atoms with Crippen molar-refractivity contribution in [2.45, 2.75) is 38.0 Å². The average molecular weight is 329 g/mol. The summed E-state index contributed by atoms with van der Waals surface area (Å²) >= 11 is 0. The Hall–Kier alpha value is -1.48. The first kappa shape index (κ1) is 16.0. The number of halogens is 1. The maximum absolute atomic E-state index is 13.5. The molecule has 1 saturated carbocycles. The summed E-state index contributed by atoms with van der Waals surface area (Å²) in [5.41, 5.74) is 1.15. The van der Waals surface area contributed by atoms with Gasteiger partial charge in [0.25, 0.3) is 0 Å². The largest absolute Gasteiger partial charge is 0.375 e. The van der Waals surface area contributed by atoms with Gasteiger partial charge in [-0.05, 0) is 42.9 Å². The van der Waals surface area contributed by atoms with E-state index in [0.717, 1.165) is 50.7 Å². The summed E-state index contributed by atoms with van der Waals surface area (Å²) < 4.78 is 19.5. The molecule has 0 amide bonds. The van der Waals surface area contributed by atoms with E-state index >= 15 is 0 Å². The first-order chi connectivity index (χ1) is 11.7. The molecule has 0 N–H and O–H groups in total. The Balaban J connectivity index is 1.42. The number of benzene rings is 1. The van der Waals surface area contributed by atoms with Crippen molar-refractivity contribution in [3.63, 3.8) is 0 Å². The summed E-state index contributed by atoms with van der Waals surface area (Å²) in [4.78, 5) is 5.05. The van der Waals surface area contributed by atoms with Crippen molar-refractivity contribution in [1.82, 2.24) is 9.80 Å². The van der Waals surface area contributed by atoms with Crippen molar-refractivity contribution < 1.29 is 9.13 Å². The summed E-state index contributed by atoms with van der Waals surface area (Å²) in [6, 6.07) is 7.29. The molecule has 2 atom stereocenters. The summed E-state index contributed by atoms with van der Waals surface area (Å²) in [6.45, 7) is 5.88. The molecular formula is C19H24FN3O. The van der Waals surface area contributed by atoms with E-state index in [2.05, 4.69) is 9.80 Å². The number of fused-ring (bicyclic) bond motifs is 1. The van der Waals surface area contributed by atoms with E-state index in [-0.39, 0.29) is 5.56 Å². The fourth-order valence-electron chi connectivity index (χ4n) is 4.02. The van der Waals surface area contributed by atoms with E-state index in [1.54, 1.807) is 12.1 Å². The number of nitrogens with zero attached hydrogens (tertiary/aromatic N) is 3. The van der Waals surface area contributed by atoms with Gasteiger partial charge in [-0.3, -0.25) is 9.80 Å². The Morgan fingerprint density at radius 1 is 1.25 bits per heavy atom. The van der Waals surface area contributed by atoms with E-state index in [0.29, 0.717) is 12.1 Å². The molecule has 3 aliphatic rings. The van der Waals surface area contributed by atoms with Gasteiger partial charge in [-0.25, -0.2) is 4.39 Å². The van der Waals surface area contributed by atoms with Crippen LogP contribution < -0.4 is 0 Å². The van der Waals surface area contributed by atoms with E-state index in [1.807, 2.05) is 6.07 Å². The Bertz CT molecular complexity index is 640. The summed E-state index contributed by atoms with van der Waals surface area (Å²) in [5.74, 6) is 0.464. The third-order valence-electron chi connectivity index (χ3n) is 5.53. The van der Waals surface area contributed by atoms with E-state index in [9.17, 15) is 4.39 Å². The number of rotatable bonds is 4. The summed E-state index contributed by atoms with van der Waals surface area (Å²) in [5, 5.41) is 9.00. The van der Waals surface area contributed by atoms with Crippen molar-refractivity contribution in [3.8, 4) is 6.07 Å². The second kappa shape index (κ2) is 6.79. The lowest BCUT2D eigenvalue weighted by Gasteiger charge is -2.47. The highest BCUT2D eigenvalue weighted by molar-refractivity contribution is 5.34. The van der Waals surface area contributed by atoms with Gasteiger partial charge < -0.3 is 4.74 Å². The lowest BCUT2D eigenvalue weighted by molar-refractivity contribution is -0.105. The second-order valence-electron chi connectivity index (χ2n) is 7.36. The molecule has 0 bridgehead atoms. The topological polar surface area (TPSA) is 39.5 Å². The molecule has 2 aliphatic heterocycles. The predicted molar refractivity (Wildman–Crippen MR) is 88.8 cm³/mol. The van der Waals surface area contributed by atoms with Crippen LogP contribution in [0.15, 0.2) is 18.2 Å². The summed E-state index contributed by atoms with van der Waals surface area (Å²) in [7, 11) is 0. The molecule has 4 rings (SSSR count). The van der Waals surface area contributed by atoms with Crippen LogP contribution in [0, 0.1) is 23.1 Å². The minimum absolute atomic E-state index is 0.138. The van der Waals surface area contributed by atoms with Crippen LogP contribution in [-0.4, -0.2) is 54.7 Å². The van der Waals surface area contributed by atoms with Gasteiger partial charge in [0.05, 0.1) is 18.3 Å². The molecule has 1 aliphatic carbocycles. The fourth-order valence-corrected chi connectivity index (χ4v) is 4.02. The quantitative estimate of drug-likeness (QED) is 0.850. The molecule has 2 heterocycles. The highest BCUT2D eigenvalue weighted by Crippen LogP contribution is 2.33. The third kappa shape index (κ3) is 3.46. The molecule has 2 saturated heterocycles. The Morgan fingerprint density at radius 2 is 2.12 bits per heavy atom. The molecule has 5 heteroatoms. The second-order valence-corrected chi connectivity index (χ2v) is 7.36. The SMILES string of the molecule is N#Cc1cc(CN2CC[C@H]3OCCN(CC4CC4)[C@@H]3C2)ccc1F. The van der Waals surface area contributed by atoms with Crippen molar-refractivity contribution in [2.24, 2.45) is 5.92 Å². The first-order valence-electron chi connectivity index (χ1n) is 8.99. The molecule has 0 radical (unpaired) electrons. The van der Waals surface area contributed by atoms with Crippen LogP contribution in [0.1, 0.15) is 30.4 Å². The molecule has 0 aromatic heterocycles. The van der Waals surface area contributed by atoms with Crippen LogP contribution >= 0.6 is 0 Å². The van der Waals surface area contributed by atoms with Crippen molar-refractivity contribution in [2.75, 3.05) is 32.8 Å². The molecule has 0 spiro atoms. The number of hydrogen-bond acceptors (Lipinski definition) is 4. The number of ether oxygens (including phenoxy) is 1. The molecule has 24 heavy (non-hydrogen) atoms. The lowest BCUT2D eigenvalue weighted by Crippen LogP contribution is -2.60. The standard InChI is InChI=1S/C19H24FN3O/c20-17-4-3-15(9-16(17)10-21)11-22-6-5-19-18(13-22)23(7-8-24-19)12-14-1-2-14/h3-4,9,14,18-19H,1-2,5-8,11-13H2/t18-,19-/m1/s1. The van der Waals surface area contributed by atoms with E-state index in [4.69, 9.17) is 10.00 Å². The Morgan fingerprint density at radius 3 is 2.92 bits per heavy atom. The zero-order valence-electron chi connectivity index (χ0n) is 14.0. The monoisotopic (exact) mass is 329 g/mol. The molecule has 128 valence electrons. The van der Waals surface area contributed by atoms with E-state index < -0.39 is 5.82 Å². The van der Waals surface area contributed by atoms with Crippen molar-refractivity contribution in [3.05, 3.63) is 35.1 Å². The minimum Gasteiger partial charge on any atom is -0.375 e. The molecule has 0 unspecified atom stereocenters. The highest BCUT2D eigenvalue weighted by atomic mass is 19.1. The third-order valence-corrected chi connectivity index (χ3v) is 5.53. The maximum Gasteiger partial charge on any atom is 0.140 e. The minimum atomic E-state index is -0.434. The normalized spacial score (nSPS) is 28.3. The lowest BCUT2D eigenvalue weighted by atomic mass is 9.97. The van der Waals surface area contributed by atoms with Gasteiger partial charge in [0.15, 0.2) is 0 Å². The molecule has 1 aromatic rings. The first-order valence-corrected chi connectivity index (χ1v) is 8.99. The van der Waals surface area contributed by atoms with Crippen molar-refractivity contribution in [1.29, 1.82) is 5.26 Å². The maximum atomic E-state index is 13.5. The van der Waals surface area contributed by atoms with Crippen LogP contribution in [0.2, 0.25) is 0 Å². The highest BCUT2D eigenvalue weighted by Gasteiger charge is 2.38. The van der Waals surface area contributed by atoms with E-state index in [1.165, 1.54) is 25.5 Å².